The minimum atomic E-state index is -0.637. The molecule has 2 aromatic carbocycles. The highest BCUT2D eigenvalue weighted by atomic mass is 16.5. The van der Waals surface area contributed by atoms with Gasteiger partial charge in [0.1, 0.15) is 0 Å². The molecule has 0 bridgehead atoms. The van der Waals surface area contributed by atoms with Gasteiger partial charge < -0.3 is 15.0 Å². The molecule has 9 nitrogen and oxygen atoms in total. The van der Waals surface area contributed by atoms with E-state index in [1.54, 1.807) is 53.4 Å². The summed E-state index contributed by atoms with van der Waals surface area (Å²) >= 11 is 0. The van der Waals surface area contributed by atoms with Crippen LogP contribution in [0.1, 0.15) is 29.9 Å². The fourth-order valence-electron chi connectivity index (χ4n) is 3.43. The Bertz CT molecular complexity index is 1230. The number of nitrogens with one attached hydrogen (secondary N) is 1. The van der Waals surface area contributed by atoms with E-state index in [4.69, 9.17) is 4.74 Å². The first kappa shape index (κ1) is 23.6. The number of ether oxygens (including phenoxy) is 1. The topological polar surface area (TPSA) is 111 Å². The molecule has 0 atom stereocenters. The maximum Gasteiger partial charge on any atom is 0.312 e. The van der Waals surface area contributed by atoms with Crippen LogP contribution in [0.25, 0.3) is 10.8 Å². The van der Waals surface area contributed by atoms with Crippen molar-refractivity contribution < 1.29 is 19.1 Å². The summed E-state index contributed by atoms with van der Waals surface area (Å²) in [5.41, 5.74) is 1.15. The average molecular weight is 450 g/mol. The van der Waals surface area contributed by atoms with Crippen LogP contribution in [0.4, 0.5) is 5.69 Å². The summed E-state index contributed by atoms with van der Waals surface area (Å²) in [6.45, 7) is 4.58. The van der Waals surface area contributed by atoms with E-state index in [2.05, 4.69) is 10.4 Å². The van der Waals surface area contributed by atoms with Crippen molar-refractivity contribution in [2.45, 2.75) is 20.3 Å². The number of amides is 2. The van der Waals surface area contributed by atoms with Crippen molar-refractivity contribution in [3.05, 3.63) is 70.1 Å². The number of aromatic nitrogens is 2. The van der Waals surface area contributed by atoms with Crippen LogP contribution in [0, 0.1) is 0 Å². The van der Waals surface area contributed by atoms with Gasteiger partial charge in [-0.05, 0) is 44.2 Å². The minimum absolute atomic E-state index is 0.0775. The number of nitrogens with zero attached hydrogens (tertiary/aromatic N) is 3. The van der Waals surface area contributed by atoms with Gasteiger partial charge in [-0.15, -0.1) is 0 Å². The van der Waals surface area contributed by atoms with Gasteiger partial charge in [0.05, 0.1) is 17.5 Å². The lowest BCUT2D eigenvalue weighted by atomic mass is 10.1. The molecule has 33 heavy (non-hydrogen) atoms. The van der Waals surface area contributed by atoms with E-state index in [1.165, 1.54) is 11.7 Å². The number of carbonyl (C=O) groups is 3. The summed E-state index contributed by atoms with van der Waals surface area (Å²) in [6.07, 6.45) is -0.177. The molecule has 172 valence electrons. The Kier molecular flexibility index (Phi) is 7.55. The minimum Gasteiger partial charge on any atom is -0.455 e. The van der Waals surface area contributed by atoms with Crippen LogP contribution >= 0.6 is 0 Å². The summed E-state index contributed by atoms with van der Waals surface area (Å²) in [5.74, 6) is -1.22. The van der Waals surface area contributed by atoms with Gasteiger partial charge in [0.15, 0.2) is 6.61 Å². The number of hydrogen-bond acceptors (Lipinski definition) is 6. The van der Waals surface area contributed by atoms with Crippen LogP contribution < -0.4 is 10.9 Å². The predicted octanol–water partition coefficient (Wildman–Crippen LogP) is 2.14. The Labute approximate surface area is 191 Å². The molecule has 1 aromatic heterocycles. The SMILES string of the molecule is CCN(CC)C(=O)c1ccc(NC(=O)COC(=O)Cc2nn(C)c(=O)c3ccccc23)cc1. The molecule has 0 unspecified atom stereocenters. The second kappa shape index (κ2) is 10.5. The van der Waals surface area contributed by atoms with Crippen molar-refractivity contribution in [1.29, 1.82) is 0 Å². The molecule has 1 heterocycles. The van der Waals surface area contributed by atoms with Crippen LogP contribution in [-0.4, -0.2) is 52.2 Å². The van der Waals surface area contributed by atoms with Crippen molar-refractivity contribution in [1.82, 2.24) is 14.7 Å². The third kappa shape index (κ3) is 5.62. The fourth-order valence-corrected chi connectivity index (χ4v) is 3.43. The number of esters is 1. The molecule has 1 N–H and O–H groups in total. The average Bonchev–Trinajstić information content (AvgIpc) is 2.82. The maximum atomic E-state index is 12.3. The smallest absolute Gasteiger partial charge is 0.312 e. The Hall–Kier alpha value is -4.01. The van der Waals surface area contributed by atoms with Gasteiger partial charge in [0.25, 0.3) is 17.4 Å². The van der Waals surface area contributed by atoms with Crippen LogP contribution in [-0.2, 0) is 27.8 Å². The molecule has 0 fully saturated rings. The first-order valence-corrected chi connectivity index (χ1v) is 10.6. The Morgan fingerprint density at radius 3 is 2.27 bits per heavy atom. The highest BCUT2D eigenvalue weighted by molar-refractivity contribution is 5.96. The Morgan fingerprint density at radius 2 is 1.64 bits per heavy atom. The zero-order valence-electron chi connectivity index (χ0n) is 18.8. The monoisotopic (exact) mass is 450 g/mol. The predicted molar refractivity (Wildman–Crippen MR) is 124 cm³/mol. The number of hydrogen-bond donors (Lipinski definition) is 1. The first-order chi connectivity index (χ1) is 15.8. The van der Waals surface area contributed by atoms with Gasteiger partial charge in [-0.1, -0.05) is 18.2 Å². The number of carbonyl (C=O) groups excluding carboxylic acids is 3. The number of benzene rings is 2. The van der Waals surface area contributed by atoms with E-state index in [0.717, 1.165) is 0 Å². The summed E-state index contributed by atoms with van der Waals surface area (Å²) in [7, 11) is 1.51. The molecule has 0 radical (unpaired) electrons. The van der Waals surface area contributed by atoms with Crippen LogP contribution in [0.5, 0.6) is 0 Å². The number of fused-ring (bicyclic) bond motifs is 1. The van der Waals surface area contributed by atoms with Crippen molar-refractivity contribution in [2.24, 2.45) is 7.05 Å². The van der Waals surface area contributed by atoms with Gasteiger partial charge >= 0.3 is 5.97 Å². The van der Waals surface area contributed by atoms with Crippen molar-refractivity contribution in [3.63, 3.8) is 0 Å². The zero-order chi connectivity index (χ0) is 24.0. The molecule has 0 aliphatic heterocycles. The summed E-state index contributed by atoms with van der Waals surface area (Å²) in [5, 5.41) is 7.81. The molecule has 0 aliphatic rings. The van der Waals surface area contributed by atoms with E-state index in [9.17, 15) is 19.2 Å². The molecule has 9 heteroatoms. The fraction of sp³-hybridized carbons (Fsp3) is 0.292. The maximum absolute atomic E-state index is 12.3. The summed E-state index contributed by atoms with van der Waals surface area (Å²) < 4.78 is 6.26. The third-order valence-corrected chi connectivity index (χ3v) is 5.18. The van der Waals surface area contributed by atoms with Crippen molar-refractivity contribution >= 4 is 34.2 Å². The summed E-state index contributed by atoms with van der Waals surface area (Å²) in [4.78, 5) is 50.7. The quantitative estimate of drug-likeness (QED) is 0.527. The second-order valence-electron chi connectivity index (χ2n) is 7.36. The van der Waals surface area contributed by atoms with E-state index in [1.807, 2.05) is 13.8 Å². The molecule has 0 aliphatic carbocycles. The first-order valence-electron chi connectivity index (χ1n) is 10.6. The van der Waals surface area contributed by atoms with Gasteiger partial charge in [-0.25, -0.2) is 4.68 Å². The number of aryl methyl sites for hydroxylation is 1. The third-order valence-electron chi connectivity index (χ3n) is 5.18. The largest absolute Gasteiger partial charge is 0.455 e. The lowest BCUT2D eigenvalue weighted by Gasteiger charge is -2.18. The van der Waals surface area contributed by atoms with Crippen molar-refractivity contribution in [3.8, 4) is 0 Å². The van der Waals surface area contributed by atoms with Gasteiger partial charge in [0.2, 0.25) is 0 Å². The summed E-state index contributed by atoms with van der Waals surface area (Å²) in [6, 6.07) is 13.4. The Balaban J connectivity index is 1.57. The lowest BCUT2D eigenvalue weighted by molar-refractivity contribution is -0.146. The molecule has 0 saturated carbocycles. The molecule has 0 spiro atoms. The second-order valence-corrected chi connectivity index (χ2v) is 7.36. The van der Waals surface area contributed by atoms with Gasteiger partial charge in [-0.2, -0.15) is 5.10 Å². The number of rotatable bonds is 8. The lowest BCUT2D eigenvalue weighted by Crippen LogP contribution is -2.30. The van der Waals surface area contributed by atoms with E-state index in [-0.39, 0.29) is 17.9 Å². The molecular weight excluding hydrogens is 424 g/mol. The van der Waals surface area contributed by atoms with Crippen LogP contribution in [0.2, 0.25) is 0 Å². The standard InChI is InChI=1S/C24H26N4O5/c1-4-28(5-2)23(31)16-10-12-17(13-11-16)25-21(29)15-33-22(30)14-20-18-8-6-7-9-19(18)24(32)27(3)26-20/h6-13H,4-5,14-15H2,1-3H3,(H,25,29). The molecule has 2 amide bonds. The molecular formula is C24H26N4O5. The molecule has 3 aromatic rings. The molecule has 3 rings (SSSR count). The molecule has 0 saturated heterocycles. The highest BCUT2D eigenvalue weighted by Gasteiger charge is 2.15. The van der Waals surface area contributed by atoms with Crippen LogP contribution in [0.3, 0.4) is 0 Å². The van der Waals surface area contributed by atoms with Crippen LogP contribution in [0.15, 0.2) is 53.3 Å². The van der Waals surface area contributed by atoms with E-state index in [0.29, 0.717) is 40.8 Å². The number of anilines is 1. The van der Waals surface area contributed by atoms with E-state index >= 15 is 0 Å². The van der Waals surface area contributed by atoms with Crippen molar-refractivity contribution in [2.75, 3.05) is 25.0 Å². The van der Waals surface area contributed by atoms with Gasteiger partial charge in [-0.3, -0.25) is 19.2 Å². The van der Waals surface area contributed by atoms with Gasteiger partial charge in [0, 0.05) is 36.8 Å². The van der Waals surface area contributed by atoms with E-state index < -0.39 is 18.5 Å². The zero-order valence-corrected chi connectivity index (χ0v) is 18.8. The normalized spacial score (nSPS) is 10.6. The Morgan fingerprint density at radius 1 is 1.00 bits per heavy atom. The highest BCUT2D eigenvalue weighted by Crippen LogP contribution is 2.14.